The molecule has 1 aromatic rings. The van der Waals surface area contributed by atoms with Crippen LogP contribution < -0.4 is 10.1 Å². The van der Waals surface area contributed by atoms with Gasteiger partial charge < -0.3 is 15.0 Å². The van der Waals surface area contributed by atoms with E-state index < -0.39 is 6.61 Å². The molecule has 0 aliphatic carbocycles. The summed E-state index contributed by atoms with van der Waals surface area (Å²) in [4.78, 5) is 14.3. The average Bonchev–Trinajstić information content (AvgIpc) is 2.86. The normalized spacial score (nSPS) is 25.2. The van der Waals surface area contributed by atoms with Crippen LogP contribution in [0.5, 0.6) is 5.75 Å². The van der Waals surface area contributed by atoms with Crippen molar-refractivity contribution in [2.24, 2.45) is 0 Å². The minimum Gasteiger partial charge on any atom is -0.435 e. The fourth-order valence-electron chi connectivity index (χ4n) is 3.70. The Hall–Kier alpha value is -1.40. The van der Waals surface area contributed by atoms with E-state index in [1.807, 2.05) is 7.05 Å². The van der Waals surface area contributed by atoms with Crippen LogP contribution in [0.2, 0.25) is 0 Å². The third-order valence-corrected chi connectivity index (χ3v) is 4.92. The molecule has 2 heterocycles. The summed E-state index contributed by atoms with van der Waals surface area (Å²) >= 11 is 0. The minimum atomic E-state index is -2.89. The molecule has 1 aromatic carbocycles. The van der Waals surface area contributed by atoms with Crippen LogP contribution in [0.4, 0.5) is 8.78 Å². The molecule has 2 aliphatic heterocycles. The molecule has 1 N–H and O–H groups in total. The lowest BCUT2D eigenvalue weighted by Crippen LogP contribution is -2.49. The van der Waals surface area contributed by atoms with Crippen LogP contribution >= 0.6 is 12.4 Å². The van der Waals surface area contributed by atoms with Crippen molar-refractivity contribution in [2.75, 3.05) is 7.05 Å². The smallest absolute Gasteiger partial charge is 0.387 e. The number of para-hydroxylation sites is 1. The van der Waals surface area contributed by atoms with Gasteiger partial charge in [0, 0.05) is 30.7 Å². The third kappa shape index (κ3) is 4.36. The second-order valence-corrected chi connectivity index (χ2v) is 6.43. The number of nitrogens with one attached hydrogen (secondary N) is 1. The number of piperidine rings is 1. The molecule has 2 bridgehead atoms. The molecule has 2 unspecified atom stereocenters. The summed E-state index contributed by atoms with van der Waals surface area (Å²) < 4.78 is 29.4. The number of carbonyl (C=O) groups is 1. The number of alkyl halides is 2. The number of halogens is 3. The van der Waals surface area contributed by atoms with Crippen molar-refractivity contribution in [1.29, 1.82) is 0 Å². The van der Waals surface area contributed by atoms with E-state index in [0.717, 1.165) is 12.8 Å². The topological polar surface area (TPSA) is 41.6 Å². The number of nitrogens with zero attached hydrogens (tertiary/aromatic N) is 1. The van der Waals surface area contributed by atoms with E-state index in [1.165, 1.54) is 18.9 Å². The Kier molecular flexibility index (Phi) is 6.40. The number of ether oxygens (including phenoxy) is 1. The van der Waals surface area contributed by atoms with Crippen molar-refractivity contribution in [3.63, 3.8) is 0 Å². The lowest BCUT2D eigenvalue weighted by Gasteiger charge is -2.35. The Morgan fingerprint density at radius 1 is 1.29 bits per heavy atom. The number of benzene rings is 1. The molecule has 24 heavy (non-hydrogen) atoms. The summed E-state index contributed by atoms with van der Waals surface area (Å²) in [6, 6.07) is 7.72. The highest BCUT2D eigenvalue weighted by atomic mass is 35.5. The molecule has 0 spiro atoms. The molecule has 2 fully saturated rings. The van der Waals surface area contributed by atoms with E-state index >= 15 is 0 Å². The SMILES string of the molecule is CN(C(=O)Cc1ccccc1OC(F)F)C1CC2CCC(C1)N2.Cl. The zero-order chi connectivity index (χ0) is 16.4. The number of carbonyl (C=O) groups excluding carboxylic acids is 1. The molecule has 0 saturated carbocycles. The lowest BCUT2D eigenvalue weighted by molar-refractivity contribution is -0.132. The van der Waals surface area contributed by atoms with Gasteiger partial charge in [0.05, 0.1) is 6.42 Å². The third-order valence-electron chi connectivity index (χ3n) is 4.92. The minimum absolute atomic E-state index is 0. The quantitative estimate of drug-likeness (QED) is 0.877. The summed E-state index contributed by atoms with van der Waals surface area (Å²) in [5.41, 5.74) is 0.501. The van der Waals surface area contributed by atoms with Crippen LogP contribution in [-0.2, 0) is 11.2 Å². The van der Waals surface area contributed by atoms with Gasteiger partial charge in [0.1, 0.15) is 5.75 Å². The number of hydrogen-bond acceptors (Lipinski definition) is 3. The number of likely N-dealkylation sites (N-methyl/N-ethyl adjacent to an activating group) is 1. The number of amides is 1. The van der Waals surface area contributed by atoms with Crippen LogP contribution in [0.1, 0.15) is 31.2 Å². The zero-order valence-corrected chi connectivity index (χ0v) is 14.4. The van der Waals surface area contributed by atoms with E-state index in [2.05, 4.69) is 10.1 Å². The second-order valence-electron chi connectivity index (χ2n) is 6.43. The van der Waals surface area contributed by atoms with Gasteiger partial charge in [-0.1, -0.05) is 18.2 Å². The predicted molar refractivity (Wildman–Crippen MR) is 89.8 cm³/mol. The molecular formula is C17H23ClF2N2O2. The van der Waals surface area contributed by atoms with Gasteiger partial charge in [0.25, 0.3) is 0 Å². The highest BCUT2D eigenvalue weighted by molar-refractivity contribution is 5.85. The molecule has 0 aromatic heterocycles. The summed E-state index contributed by atoms with van der Waals surface area (Å²) in [5, 5.41) is 3.55. The predicted octanol–water partition coefficient (Wildman–Crippen LogP) is 2.99. The monoisotopic (exact) mass is 360 g/mol. The van der Waals surface area contributed by atoms with Gasteiger partial charge in [-0.3, -0.25) is 4.79 Å². The lowest BCUT2D eigenvalue weighted by atomic mass is 9.98. The average molecular weight is 361 g/mol. The fourth-order valence-corrected chi connectivity index (χ4v) is 3.70. The highest BCUT2D eigenvalue weighted by Gasteiger charge is 2.36. The molecule has 1 amide bonds. The fraction of sp³-hybridized carbons (Fsp3) is 0.588. The van der Waals surface area contributed by atoms with Gasteiger partial charge in [0.15, 0.2) is 0 Å². The largest absolute Gasteiger partial charge is 0.435 e. The van der Waals surface area contributed by atoms with Crippen molar-refractivity contribution in [3.05, 3.63) is 29.8 Å². The van der Waals surface area contributed by atoms with Crippen LogP contribution in [0.25, 0.3) is 0 Å². The van der Waals surface area contributed by atoms with Gasteiger partial charge in [-0.05, 0) is 31.7 Å². The Labute approximate surface area is 147 Å². The van der Waals surface area contributed by atoms with Crippen LogP contribution in [0.3, 0.4) is 0 Å². The molecule has 2 aliphatic rings. The number of fused-ring (bicyclic) bond motifs is 2. The van der Waals surface area contributed by atoms with E-state index in [1.54, 1.807) is 23.1 Å². The Morgan fingerprint density at radius 2 is 1.92 bits per heavy atom. The Balaban J connectivity index is 0.00000208. The van der Waals surface area contributed by atoms with Crippen molar-refractivity contribution in [2.45, 2.75) is 56.8 Å². The molecule has 2 atom stereocenters. The van der Waals surface area contributed by atoms with E-state index in [4.69, 9.17) is 0 Å². The van der Waals surface area contributed by atoms with Crippen LogP contribution in [0, 0.1) is 0 Å². The van der Waals surface area contributed by atoms with Crippen molar-refractivity contribution in [3.8, 4) is 5.75 Å². The summed E-state index contributed by atoms with van der Waals surface area (Å²) in [7, 11) is 1.81. The van der Waals surface area contributed by atoms with E-state index in [9.17, 15) is 13.6 Å². The first kappa shape index (κ1) is 18.9. The molecule has 134 valence electrons. The summed E-state index contributed by atoms with van der Waals surface area (Å²) in [5.74, 6) is 0.0243. The maximum absolute atomic E-state index is 12.5. The van der Waals surface area contributed by atoms with Gasteiger partial charge in [-0.2, -0.15) is 8.78 Å². The van der Waals surface area contributed by atoms with Gasteiger partial charge in [-0.25, -0.2) is 0 Å². The second kappa shape index (κ2) is 8.12. The van der Waals surface area contributed by atoms with Crippen molar-refractivity contribution in [1.82, 2.24) is 10.2 Å². The molecule has 3 rings (SSSR count). The standard InChI is InChI=1S/C17H22F2N2O2.ClH/c1-21(14-9-12-6-7-13(10-14)20-12)16(22)8-11-4-2-3-5-15(11)23-17(18)19;/h2-5,12-14,17,20H,6-10H2,1H3;1H. The summed E-state index contributed by atoms with van der Waals surface area (Å²) in [6.07, 6.45) is 4.36. The first-order valence-electron chi connectivity index (χ1n) is 8.07. The van der Waals surface area contributed by atoms with Gasteiger partial charge in [0.2, 0.25) is 5.91 Å². The molecule has 4 nitrogen and oxygen atoms in total. The number of hydrogen-bond donors (Lipinski definition) is 1. The van der Waals surface area contributed by atoms with Crippen molar-refractivity contribution < 1.29 is 18.3 Å². The summed E-state index contributed by atoms with van der Waals surface area (Å²) in [6.45, 7) is -2.89. The maximum Gasteiger partial charge on any atom is 0.387 e. The Bertz CT molecular complexity index is 561. The first-order chi connectivity index (χ1) is 11.0. The van der Waals surface area contributed by atoms with E-state index in [0.29, 0.717) is 17.6 Å². The van der Waals surface area contributed by atoms with Crippen molar-refractivity contribution >= 4 is 18.3 Å². The Morgan fingerprint density at radius 3 is 2.54 bits per heavy atom. The zero-order valence-electron chi connectivity index (χ0n) is 13.6. The maximum atomic E-state index is 12.5. The molecular weight excluding hydrogens is 338 g/mol. The van der Waals surface area contributed by atoms with E-state index in [-0.39, 0.29) is 36.5 Å². The molecule has 0 radical (unpaired) electrons. The van der Waals surface area contributed by atoms with Gasteiger partial charge in [-0.15, -0.1) is 12.4 Å². The first-order valence-corrected chi connectivity index (χ1v) is 8.07. The highest BCUT2D eigenvalue weighted by Crippen LogP contribution is 2.30. The number of rotatable bonds is 5. The van der Waals surface area contributed by atoms with Crippen LogP contribution in [-0.4, -0.2) is 42.6 Å². The molecule has 7 heteroatoms. The molecule has 2 saturated heterocycles. The van der Waals surface area contributed by atoms with Gasteiger partial charge >= 0.3 is 6.61 Å². The van der Waals surface area contributed by atoms with Crippen LogP contribution in [0.15, 0.2) is 24.3 Å².